The topological polar surface area (TPSA) is 81.5 Å². The number of nitrogens with zero attached hydrogens (tertiary/aromatic N) is 4. The molecule has 172 valence electrons. The maximum atomic E-state index is 13.3. The number of nitrogens with one attached hydrogen (secondary N) is 1. The summed E-state index contributed by atoms with van der Waals surface area (Å²) in [4.78, 5) is 15.1. The largest absolute Gasteiger partial charge is 0.378 e. The average molecular weight is 444 g/mol. The van der Waals surface area contributed by atoms with E-state index in [1.165, 1.54) is 12.1 Å². The molecule has 8 nitrogen and oxygen atoms in total. The van der Waals surface area contributed by atoms with Gasteiger partial charge in [-0.05, 0) is 44.5 Å². The van der Waals surface area contributed by atoms with Crippen molar-refractivity contribution >= 4 is 6.03 Å². The maximum absolute atomic E-state index is 13.3. The van der Waals surface area contributed by atoms with E-state index in [1.807, 2.05) is 16.4 Å². The molecule has 0 saturated carbocycles. The first kappa shape index (κ1) is 21.3. The summed E-state index contributed by atoms with van der Waals surface area (Å²) in [6.45, 7) is 6.51. The molecule has 2 fully saturated rings. The number of rotatable bonds is 2. The van der Waals surface area contributed by atoms with E-state index in [1.54, 1.807) is 12.1 Å². The highest BCUT2D eigenvalue weighted by Crippen LogP contribution is 2.34. The van der Waals surface area contributed by atoms with Crippen LogP contribution >= 0.6 is 0 Å². The molecule has 1 N–H and O–H groups in total. The standard InChI is InChI=1S/C23H30FN5O3/c1-15-11-23(9-10-31-15)14-28(12-16(2)32-23)22(30)25-19-7-8-20-26-27-21(29(20)13-19)17-3-5-18(24)6-4-17/h3-6,15-16,19H,7-14H2,1-2H3,(H,25,30). The van der Waals surface area contributed by atoms with Crippen molar-refractivity contribution in [3.63, 3.8) is 0 Å². The van der Waals surface area contributed by atoms with E-state index < -0.39 is 0 Å². The third-order valence-corrected chi connectivity index (χ3v) is 6.69. The quantitative estimate of drug-likeness (QED) is 0.772. The van der Waals surface area contributed by atoms with Gasteiger partial charge < -0.3 is 24.3 Å². The van der Waals surface area contributed by atoms with Gasteiger partial charge in [0.05, 0.1) is 24.4 Å². The second-order valence-corrected chi connectivity index (χ2v) is 9.37. The zero-order chi connectivity index (χ0) is 22.3. The number of aromatic nitrogens is 3. The molecule has 0 bridgehead atoms. The fraction of sp³-hybridized carbons (Fsp3) is 0.609. The fourth-order valence-electron chi connectivity index (χ4n) is 5.28. The summed E-state index contributed by atoms with van der Waals surface area (Å²) in [5.41, 5.74) is 0.492. The van der Waals surface area contributed by atoms with E-state index in [4.69, 9.17) is 9.47 Å². The summed E-state index contributed by atoms with van der Waals surface area (Å²) in [6.07, 6.45) is 3.27. The molecule has 3 aliphatic rings. The number of benzene rings is 1. The van der Waals surface area contributed by atoms with Gasteiger partial charge in [-0.15, -0.1) is 10.2 Å². The van der Waals surface area contributed by atoms with Gasteiger partial charge in [0.2, 0.25) is 0 Å². The lowest BCUT2D eigenvalue weighted by molar-refractivity contribution is -0.189. The Morgan fingerprint density at radius 3 is 2.78 bits per heavy atom. The lowest BCUT2D eigenvalue weighted by atomic mass is 9.88. The molecule has 4 atom stereocenters. The van der Waals surface area contributed by atoms with E-state index in [9.17, 15) is 9.18 Å². The highest BCUT2D eigenvalue weighted by Gasteiger charge is 2.44. The number of ether oxygens (including phenoxy) is 2. The summed E-state index contributed by atoms with van der Waals surface area (Å²) in [5, 5.41) is 11.8. The maximum Gasteiger partial charge on any atom is 0.317 e. The molecular formula is C23H30FN5O3. The Balaban J connectivity index is 1.27. The molecule has 32 heavy (non-hydrogen) atoms. The molecule has 2 amide bonds. The van der Waals surface area contributed by atoms with Crippen LogP contribution < -0.4 is 5.32 Å². The van der Waals surface area contributed by atoms with Crippen LogP contribution in [0.2, 0.25) is 0 Å². The summed E-state index contributed by atoms with van der Waals surface area (Å²) >= 11 is 0. The monoisotopic (exact) mass is 443 g/mol. The summed E-state index contributed by atoms with van der Waals surface area (Å²) in [7, 11) is 0. The van der Waals surface area contributed by atoms with Crippen LogP contribution in [0.25, 0.3) is 11.4 Å². The Morgan fingerprint density at radius 1 is 1.19 bits per heavy atom. The zero-order valence-corrected chi connectivity index (χ0v) is 18.6. The summed E-state index contributed by atoms with van der Waals surface area (Å²) in [6, 6.07) is 6.19. The van der Waals surface area contributed by atoms with E-state index in [-0.39, 0.29) is 35.7 Å². The zero-order valence-electron chi connectivity index (χ0n) is 18.6. The van der Waals surface area contributed by atoms with Crippen LogP contribution in [0.1, 0.15) is 38.9 Å². The number of fused-ring (bicyclic) bond motifs is 1. The normalized spacial score (nSPS) is 30.2. The molecular weight excluding hydrogens is 413 g/mol. The number of hydrogen-bond acceptors (Lipinski definition) is 5. The molecule has 9 heteroatoms. The van der Waals surface area contributed by atoms with E-state index >= 15 is 0 Å². The van der Waals surface area contributed by atoms with Crippen molar-refractivity contribution in [3.05, 3.63) is 35.9 Å². The summed E-state index contributed by atoms with van der Waals surface area (Å²) in [5.74, 6) is 1.31. The number of aryl methyl sites for hydroxylation is 1. The molecule has 5 rings (SSSR count). The van der Waals surface area contributed by atoms with E-state index in [2.05, 4.69) is 22.4 Å². The molecule has 0 radical (unpaired) electrons. The number of halogens is 1. The van der Waals surface area contributed by atoms with Gasteiger partial charge in [0.1, 0.15) is 11.6 Å². The average Bonchev–Trinajstić information content (AvgIpc) is 3.17. The molecule has 3 aliphatic heterocycles. The van der Waals surface area contributed by atoms with Crippen molar-refractivity contribution in [1.29, 1.82) is 0 Å². The van der Waals surface area contributed by atoms with Gasteiger partial charge in [0, 0.05) is 50.6 Å². The minimum Gasteiger partial charge on any atom is -0.378 e. The highest BCUT2D eigenvalue weighted by atomic mass is 19.1. The van der Waals surface area contributed by atoms with Crippen LogP contribution in [0.5, 0.6) is 0 Å². The van der Waals surface area contributed by atoms with Crippen molar-refractivity contribution in [2.45, 2.75) is 69.9 Å². The number of carbonyl (C=O) groups excluding carboxylic acids is 1. The number of carbonyl (C=O) groups is 1. The minimum atomic E-state index is -0.323. The Hall–Kier alpha value is -2.52. The molecule has 4 heterocycles. The first-order chi connectivity index (χ1) is 15.4. The third-order valence-electron chi connectivity index (χ3n) is 6.69. The predicted octanol–water partition coefficient (Wildman–Crippen LogP) is 2.77. The highest BCUT2D eigenvalue weighted by molar-refractivity contribution is 5.75. The first-order valence-electron chi connectivity index (χ1n) is 11.4. The molecule has 4 unspecified atom stereocenters. The van der Waals surface area contributed by atoms with Gasteiger partial charge in [0.15, 0.2) is 5.82 Å². The Morgan fingerprint density at radius 2 is 2.00 bits per heavy atom. The van der Waals surface area contributed by atoms with Gasteiger partial charge in [0.25, 0.3) is 0 Å². The number of amides is 2. The van der Waals surface area contributed by atoms with Gasteiger partial charge in [-0.3, -0.25) is 0 Å². The predicted molar refractivity (Wildman–Crippen MR) is 116 cm³/mol. The molecule has 2 aromatic rings. The van der Waals surface area contributed by atoms with Crippen LogP contribution in [0.4, 0.5) is 9.18 Å². The summed E-state index contributed by atoms with van der Waals surface area (Å²) < 4.78 is 27.4. The van der Waals surface area contributed by atoms with E-state index in [0.717, 1.165) is 37.1 Å². The van der Waals surface area contributed by atoms with Crippen molar-refractivity contribution in [2.75, 3.05) is 19.7 Å². The van der Waals surface area contributed by atoms with Crippen molar-refractivity contribution in [3.8, 4) is 11.4 Å². The number of morpholine rings is 1. The van der Waals surface area contributed by atoms with Gasteiger partial charge in [-0.25, -0.2) is 9.18 Å². The molecule has 2 saturated heterocycles. The number of urea groups is 1. The van der Waals surface area contributed by atoms with Crippen molar-refractivity contribution in [1.82, 2.24) is 25.0 Å². The lowest BCUT2D eigenvalue weighted by Gasteiger charge is -2.48. The fourth-order valence-corrected chi connectivity index (χ4v) is 5.28. The Kier molecular flexibility index (Phi) is 5.63. The Bertz CT molecular complexity index is 977. The lowest BCUT2D eigenvalue weighted by Crippen LogP contribution is -2.61. The smallest absolute Gasteiger partial charge is 0.317 e. The molecule has 1 aromatic heterocycles. The van der Waals surface area contributed by atoms with Crippen LogP contribution in [0, 0.1) is 5.82 Å². The Labute approximate surface area is 187 Å². The second-order valence-electron chi connectivity index (χ2n) is 9.37. The van der Waals surface area contributed by atoms with Crippen molar-refractivity contribution < 1.29 is 18.7 Å². The van der Waals surface area contributed by atoms with Crippen LogP contribution in [0.3, 0.4) is 0 Å². The van der Waals surface area contributed by atoms with Crippen molar-refractivity contribution in [2.24, 2.45) is 0 Å². The minimum absolute atomic E-state index is 0.0133. The SMILES string of the molecule is CC1CC2(CCO1)CN(C(=O)NC1CCc3nnc(-c4ccc(F)cc4)n3C1)CC(C)O2. The number of hydrogen-bond donors (Lipinski definition) is 1. The van der Waals surface area contributed by atoms with Gasteiger partial charge in [-0.2, -0.15) is 0 Å². The van der Waals surface area contributed by atoms with Crippen LogP contribution in [0.15, 0.2) is 24.3 Å². The molecule has 1 aromatic carbocycles. The first-order valence-corrected chi connectivity index (χ1v) is 11.4. The van der Waals surface area contributed by atoms with Crippen LogP contribution in [-0.2, 0) is 22.4 Å². The van der Waals surface area contributed by atoms with Gasteiger partial charge in [-0.1, -0.05) is 0 Å². The van der Waals surface area contributed by atoms with E-state index in [0.29, 0.717) is 32.1 Å². The van der Waals surface area contributed by atoms with Gasteiger partial charge >= 0.3 is 6.03 Å². The second kappa shape index (κ2) is 8.44. The molecule has 1 spiro atoms. The van der Waals surface area contributed by atoms with Crippen LogP contribution in [-0.4, -0.2) is 69.2 Å². The molecule has 0 aliphatic carbocycles. The third kappa shape index (κ3) is 4.23.